The molecular weight excluding hydrogens is 374 g/mol. The van der Waals surface area contributed by atoms with E-state index in [0.717, 1.165) is 0 Å². The van der Waals surface area contributed by atoms with E-state index >= 15 is 0 Å². The summed E-state index contributed by atoms with van der Waals surface area (Å²) in [7, 11) is 0. The van der Waals surface area contributed by atoms with Crippen LogP contribution >= 0.6 is 0 Å². The third-order valence-corrected chi connectivity index (χ3v) is 3.63. The van der Waals surface area contributed by atoms with Crippen molar-refractivity contribution < 1.29 is 40.2 Å². The molecule has 11 heteroatoms. The van der Waals surface area contributed by atoms with Crippen molar-refractivity contribution in [2.75, 3.05) is 44.8 Å². The number of benzene rings is 1. The van der Waals surface area contributed by atoms with Crippen LogP contribution in [0.2, 0.25) is 0 Å². The van der Waals surface area contributed by atoms with Crippen molar-refractivity contribution in [1.82, 2.24) is 10.6 Å². The lowest BCUT2D eigenvalue weighted by Gasteiger charge is -2.15. The second kappa shape index (κ2) is 12.2. The molecule has 0 aromatic heterocycles. The number of rotatable bonds is 12. The lowest BCUT2D eigenvalue weighted by Crippen LogP contribution is -2.35. The van der Waals surface area contributed by atoms with Crippen molar-refractivity contribution in [3.8, 4) is 0 Å². The van der Waals surface area contributed by atoms with Gasteiger partial charge in [0.25, 0.3) is 11.8 Å². The first-order chi connectivity index (χ1) is 13.3. The molecule has 3 atom stereocenters. The molecule has 28 heavy (non-hydrogen) atoms. The Morgan fingerprint density at radius 2 is 1.11 bits per heavy atom. The van der Waals surface area contributed by atoms with Crippen LogP contribution in [0.3, 0.4) is 0 Å². The zero-order valence-corrected chi connectivity index (χ0v) is 15.2. The third kappa shape index (κ3) is 8.17. The van der Waals surface area contributed by atoms with Crippen LogP contribution in [0.4, 0.5) is 5.69 Å². The summed E-state index contributed by atoms with van der Waals surface area (Å²) in [6.45, 7) is -1.95. The highest BCUT2D eigenvalue weighted by atomic mass is 16.3. The van der Waals surface area contributed by atoms with Gasteiger partial charge in [0.15, 0.2) is 0 Å². The molecule has 1 aromatic carbocycles. The number of hydrogen-bond donors (Lipinski definition) is 9. The van der Waals surface area contributed by atoms with Crippen LogP contribution in [-0.4, -0.2) is 100 Å². The Kier molecular flexibility index (Phi) is 10.4. The topological polar surface area (TPSA) is 192 Å². The summed E-state index contributed by atoms with van der Waals surface area (Å²) in [5.41, 5.74) is 0.457. The number of nitrogens with one attached hydrogen (secondary N) is 3. The van der Waals surface area contributed by atoms with Crippen LogP contribution in [0.5, 0.6) is 0 Å². The Bertz CT molecular complexity index is 599. The minimum atomic E-state index is -1.13. The second-order valence-electron chi connectivity index (χ2n) is 6.11. The number of anilines is 1. The number of aliphatic hydroxyl groups excluding tert-OH is 6. The SMILES string of the molecule is O=C(NCC(O)CO)c1cc(NCC(O)CO)cc(C(=O)NCC(O)CO)c1. The molecule has 1 aromatic rings. The summed E-state index contributed by atoms with van der Waals surface area (Å²) in [6.07, 6.45) is -3.31. The Hall–Kier alpha value is -2.28. The Balaban J connectivity index is 2.99. The van der Waals surface area contributed by atoms with Crippen LogP contribution in [0.25, 0.3) is 0 Å². The van der Waals surface area contributed by atoms with Crippen molar-refractivity contribution in [2.24, 2.45) is 0 Å². The average molecular weight is 401 g/mol. The van der Waals surface area contributed by atoms with Gasteiger partial charge >= 0.3 is 0 Å². The minimum Gasteiger partial charge on any atom is -0.394 e. The second-order valence-corrected chi connectivity index (χ2v) is 6.11. The molecule has 1 rings (SSSR count). The van der Waals surface area contributed by atoms with Gasteiger partial charge in [-0.05, 0) is 18.2 Å². The van der Waals surface area contributed by atoms with E-state index in [-0.39, 0.29) is 30.8 Å². The van der Waals surface area contributed by atoms with Crippen molar-refractivity contribution in [2.45, 2.75) is 18.3 Å². The maximum atomic E-state index is 12.3. The molecule has 9 N–H and O–H groups in total. The molecule has 0 aliphatic rings. The maximum absolute atomic E-state index is 12.3. The minimum absolute atomic E-state index is 0.0327. The van der Waals surface area contributed by atoms with Crippen LogP contribution in [-0.2, 0) is 0 Å². The number of hydrogen-bond acceptors (Lipinski definition) is 9. The summed E-state index contributed by atoms with van der Waals surface area (Å²) >= 11 is 0. The lowest BCUT2D eigenvalue weighted by atomic mass is 10.1. The summed E-state index contributed by atoms with van der Waals surface area (Å²) in [6, 6.07) is 4.10. The normalized spacial score (nSPS) is 14.1. The first kappa shape index (κ1) is 23.8. The predicted molar refractivity (Wildman–Crippen MR) is 98.9 cm³/mol. The van der Waals surface area contributed by atoms with E-state index in [4.69, 9.17) is 15.3 Å². The smallest absolute Gasteiger partial charge is 0.251 e. The van der Waals surface area contributed by atoms with Gasteiger partial charge in [-0.3, -0.25) is 9.59 Å². The molecule has 158 valence electrons. The molecule has 3 unspecified atom stereocenters. The Labute approximate surface area is 161 Å². The first-order valence-electron chi connectivity index (χ1n) is 8.62. The number of aliphatic hydroxyl groups is 6. The number of amides is 2. The predicted octanol–water partition coefficient (Wildman–Crippen LogP) is -3.38. The monoisotopic (exact) mass is 401 g/mol. The maximum Gasteiger partial charge on any atom is 0.251 e. The van der Waals surface area contributed by atoms with E-state index in [2.05, 4.69) is 16.0 Å². The van der Waals surface area contributed by atoms with Crippen LogP contribution in [0.15, 0.2) is 18.2 Å². The van der Waals surface area contributed by atoms with Gasteiger partial charge in [-0.1, -0.05) is 0 Å². The fraction of sp³-hybridized carbons (Fsp3) is 0.529. The third-order valence-electron chi connectivity index (χ3n) is 3.63. The van der Waals surface area contributed by atoms with Crippen LogP contribution in [0, 0.1) is 0 Å². The van der Waals surface area contributed by atoms with Crippen molar-refractivity contribution >= 4 is 17.5 Å². The van der Waals surface area contributed by atoms with E-state index in [9.17, 15) is 24.9 Å². The molecule has 0 saturated carbocycles. The van der Waals surface area contributed by atoms with E-state index in [1.165, 1.54) is 18.2 Å². The molecule has 0 aliphatic carbocycles. The molecule has 0 bridgehead atoms. The molecule has 0 aliphatic heterocycles. The fourth-order valence-electron chi connectivity index (χ4n) is 2.05. The van der Waals surface area contributed by atoms with E-state index in [1.807, 2.05) is 0 Å². The van der Waals surface area contributed by atoms with E-state index in [0.29, 0.717) is 5.69 Å². The van der Waals surface area contributed by atoms with E-state index < -0.39 is 49.9 Å². The zero-order valence-electron chi connectivity index (χ0n) is 15.2. The quantitative estimate of drug-likeness (QED) is 0.172. The number of carbonyl (C=O) groups is 2. The Morgan fingerprint density at radius 3 is 1.50 bits per heavy atom. The lowest BCUT2D eigenvalue weighted by molar-refractivity contribution is 0.0800. The molecule has 0 radical (unpaired) electrons. The molecule has 0 saturated heterocycles. The highest BCUT2D eigenvalue weighted by molar-refractivity contribution is 6.01. The van der Waals surface area contributed by atoms with Crippen molar-refractivity contribution in [1.29, 1.82) is 0 Å². The summed E-state index contributed by atoms with van der Waals surface area (Å²) in [5.74, 6) is -1.22. The van der Waals surface area contributed by atoms with Gasteiger partial charge in [-0.15, -0.1) is 0 Å². The highest BCUT2D eigenvalue weighted by Gasteiger charge is 2.15. The van der Waals surface area contributed by atoms with Gasteiger partial charge in [0, 0.05) is 36.4 Å². The van der Waals surface area contributed by atoms with Gasteiger partial charge in [-0.2, -0.15) is 0 Å². The molecule has 0 fully saturated rings. The highest BCUT2D eigenvalue weighted by Crippen LogP contribution is 2.16. The summed E-state index contributed by atoms with van der Waals surface area (Å²) < 4.78 is 0. The van der Waals surface area contributed by atoms with E-state index in [1.54, 1.807) is 0 Å². The van der Waals surface area contributed by atoms with Gasteiger partial charge < -0.3 is 46.6 Å². The summed E-state index contributed by atoms with van der Waals surface area (Å²) in [5, 5.41) is 62.2. The van der Waals surface area contributed by atoms with Crippen LogP contribution < -0.4 is 16.0 Å². The largest absolute Gasteiger partial charge is 0.394 e. The summed E-state index contributed by atoms with van der Waals surface area (Å²) in [4.78, 5) is 24.5. The standard InChI is InChI=1S/C17H27N3O8/c21-7-13(24)4-18-12-2-10(16(27)19-5-14(25)8-22)1-11(3-12)17(28)20-6-15(26)9-23/h1-3,13-15,18,21-26H,4-9H2,(H,19,27)(H,20,28). The Morgan fingerprint density at radius 1 is 0.714 bits per heavy atom. The van der Waals surface area contributed by atoms with Crippen molar-refractivity contribution in [3.63, 3.8) is 0 Å². The van der Waals surface area contributed by atoms with Gasteiger partial charge in [-0.25, -0.2) is 0 Å². The molecule has 2 amide bonds. The van der Waals surface area contributed by atoms with Gasteiger partial charge in [0.1, 0.15) is 0 Å². The molecule has 0 heterocycles. The van der Waals surface area contributed by atoms with Crippen molar-refractivity contribution in [3.05, 3.63) is 29.3 Å². The number of carbonyl (C=O) groups excluding carboxylic acids is 2. The molecule has 0 spiro atoms. The van der Waals surface area contributed by atoms with Gasteiger partial charge in [0.05, 0.1) is 38.1 Å². The average Bonchev–Trinajstić information content (AvgIpc) is 2.72. The van der Waals surface area contributed by atoms with Crippen LogP contribution in [0.1, 0.15) is 20.7 Å². The first-order valence-corrected chi connectivity index (χ1v) is 8.62. The molecular formula is C17H27N3O8. The van der Waals surface area contributed by atoms with Gasteiger partial charge in [0.2, 0.25) is 0 Å². The fourth-order valence-corrected chi connectivity index (χ4v) is 2.05. The molecule has 11 nitrogen and oxygen atoms in total. The zero-order chi connectivity index (χ0) is 21.1.